The number of ether oxygens (including phenoxy) is 1. The van der Waals surface area contributed by atoms with Crippen molar-refractivity contribution in [1.29, 1.82) is 0 Å². The van der Waals surface area contributed by atoms with Gasteiger partial charge in [-0.2, -0.15) is 0 Å². The van der Waals surface area contributed by atoms with Crippen LogP contribution in [0, 0.1) is 0 Å². The van der Waals surface area contributed by atoms with E-state index in [2.05, 4.69) is 5.32 Å². The van der Waals surface area contributed by atoms with Gasteiger partial charge in [0.05, 0.1) is 17.5 Å². The monoisotopic (exact) mass is 533 g/mol. The largest absolute Gasteiger partial charge is 0.447 e. The summed E-state index contributed by atoms with van der Waals surface area (Å²) < 4.78 is 5.22. The average Bonchev–Trinajstić information content (AvgIpc) is 3.12. The zero-order chi connectivity index (χ0) is 25.8. The number of esters is 1. The van der Waals surface area contributed by atoms with Crippen LogP contribution >= 0.6 is 24.2 Å². The number of carbonyl (C=O) groups is 3. The number of carbonyl (C=O) groups excluding carboxylic acids is 3. The summed E-state index contributed by atoms with van der Waals surface area (Å²) in [5.74, 6) is -1.05. The van der Waals surface area contributed by atoms with Crippen LogP contribution in [0.5, 0.6) is 0 Å². The minimum atomic E-state index is -1.25. The van der Waals surface area contributed by atoms with Crippen LogP contribution in [0.15, 0.2) is 60.7 Å². The van der Waals surface area contributed by atoms with E-state index in [1.54, 1.807) is 30.3 Å². The fraction of sp³-hybridized carbons (Fsp3) is 0.444. The van der Waals surface area contributed by atoms with Gasteiger partial charge in [-0.1, -0.05) is 48.5 Å². The van der Waals surface area contributed by atoms with E-state index >= 15 is 0 Å². The van der Waals surface area contributed by atoms with Crippen LogP contribution in [-0.4, -0.2) is 57.0 Å². The summed E-state index contributed by atoms with van der Waals surface area (Å²) >= 11 is 1.51. The number of hydrogen-bond acceptors (Lipinski definition) is 6. The van der Waals surface area contributed by atoms with Gasteiger partial charge in [0, 0.05) is 10.3 Å². The van der Waals surface area contributed by atoms with E-state index in [1.807, 2.05) is 65.0 Å². The first-order valence-electron chi connectivity index (χ1n) is 11.7. The standard InChI is InChI=1S/C27H35N3O4S.ClH/c1-26(2,3)29-23(31)22-27(4,5)35-17-30(22)24(32)21(20(28)16-18-12-8-6-9-13-18)34-25(33)19-14-10-7-11-15-19;/h6-15,20-22H,16-17,28H2,1-5H3,(H,29,31);1H/t20-,21-,22+;/m0./s1. The Hall–Kier alpha value is -2.55. The van der Waals surface area contributed by atoms with Gasteiger partial charge >= 0.3 is 5.97 Å². The van der Waals surface area contributed by atoms with Crippen molar-refractivity contribution in [3.05, 3.63) is 71.8 Å². The van der Waals surface area contributed by atoms with Crippen molar-refractivity contribution < 1.29 is 19.1 Å². The predicted octanol–water partition coefficient (Wildman–Crippen LogP) is 3.80. The van der Waals surface area contributed by atoms with E-state index < -0.39 is 40.4 Å². The third kappa shape index (κ3) is 7.48. The molecule has 3 atom stereocenters. The number of amides is 2. The molecule has 3 rings (SSSR count). The number of benzene rings is 2. The Bertz CT molecular complexity index is 1040. The zero-order valence-electron chi connectivity index (χ0n) is 21.4. The Labute approximate surface area is 223 Å². The molecule has 0 aromatic heterocycles. The van der Waals surface area contributed by atoms with Crippen LogP contribution in [0.1, 0.15) is 50.5 Å². The van der Waals surface area contributed by atoms with E-state index in [9.17, 15) is 14.4 Å². The third-order valence-corrected chi connectivity index (χ3v) is 7.14. The summed E-state index contributed by atoms with van der Waals surface area (Å²) in [7, 11) is 0. The summed E-state index contributed by atoms with van der Waals surface area (Å²) in [6.45, 7) is 9.56. The van der Waals surface area contributed by atoms with Crippen molar-refractivity contribution in [3.63, 3.8) is 0 Å². The number of thioether (sulfide) groups is 1. The number of halogens is 1. The topological polar surface area (TPSA) is 102 Å². The molecule has 2 aromatic carbocycles. The quantitative estimate of drug-likeness (QED) is 0.525. The lowest BCUT2D eigenvalue weighted by Gasteiger charge is -2.35. The number of nitrogens with two attached hydrogens (primary N) is 1. The van der Waals surface area contributed by atoms with Gasteiger partial charge < -0.3 is 20.7 Å². The number of nitrogens with one attached hydrogen (secondary N) is 1. The normalized spacial score (nSPS) is 18.5. The predicted molar refractivity (Wildman–Crippen MR) is 146 cm³/mol. The maximum Gasteiger partial charge on any atom is 0.338 e. The highest BCUT2D eigenvalue weighted by Crippen LogP contribution is 2.40. The van der Waals surface area contributed by atoms with Crippen LogP contribution < -0.4 is 11.1 Å². The number of hydrogen-bond donors (Lipinski definition) is 2. The van der Waals surface area contributed by atoms with Gasteiger partial charge in [-0.15, -0.1) is 24.2 Å². The maximum atomic E-state index is 13.9. The van der Waals surface area contributed by atoms with Gasteiger partial charge in [0.1, 0.15) is 6.04 Å². The van der Waals surface area contributed by atoms with E-state index in [0.29, 0.717) is 17.9 Å². The summed E-state index contributed by atoms with van der Waals surface area (Å²) in [4.78, 5) is 41.6. The van der Waals surface area contributed by atoms with Crippen LogP contribution in [0.4, 0.5) is 0 Å². The minimum absolute atomic E-state index is 0. The molecule has 3 N–H and O–H groups in total. The van der Waals surface area contributed by atoms with Crippen molar-refractivity contribution in [2.45, 2.75) is 69.5 Å². The van der Waals surface area contributed by atoms with Gasteiger partial charge in [0.15, 0.2) is 6.10 Å². The molecule has 0 unspecified atom stereocenters. The number of nitrogens with zero attached hydrogens (tertiary/aromatic N) is 1. The fourth-order valence-electron chi connectivity index (χ4n) is 4.09. The van der Waals surface area contributed by atoms with Gasteiger partial charge in [-0.25, -0.2) is 4.79 Å². The molecule has 1 aliphatic rings. The van der Waals surface area contributed by atoms with Crippen molar-refractivity contribution in [1.82, 2.24) is 10.2 Å². The molecule has 1 aliphatic heterocycles. The lowest BCUT2D eigenvalue weighted by molar-refractivity contribution is -0.147. The molecule has 0 saturated carbocycles. The molecule has 2 amide bonds. The summed E-state index contributed by atoms with van der Waals surface area (Å²) in [6, 6.07) is 16.5. The van der Waals surface area contributed by atoms with Crippen molar-refractivity contribution >= 4 is 42.0 Å². The lowest BCUT2D eigenvalue weighted by Crippen LogP contribution is -2.60. The Morgan fingerprint density at radius 2 is 1.64 bits per heavy atom. The Kier molecular flexibility index (Phi) is 10.00. The van der Waals surface area contributed by atoms with E-state index in [-0.39, 0.29) is 18.3 Å². The van der Waals surface area contributed by atoms with Gasteiger partial charge in [0.2, 0.25) is 5.91 Å². The Morgan fingerprint density at radius 3 is 2.19 bits per heavy atom. The van der Waals surface area contributed by atoms with E-state index in [1.165, 1.54) is 16.7 Å². The molecule has 7 nitrogen and oxygen atoms in total. The third-order valence-electron chi connectivity index (χ3n) is 5.77. The molecule has 0 bridgehead atoms. The first-order valence-corrected chi connectivity index (χ1v) is 12.7. The van der Waals surface area contributed by atoms with Gasteiger partial charge in [-0.05, 0) is 58.7 Å². The fourth-order valence-corrected chi connectivity index (χ4v) is 5.23. The highest BCUT2D eigenvalue weighted by atomic mass is 35.5. The summed E-state index contributed by atoms with van der Waals surface area (Å²) in [5, 5.41) is 2.99. The van der Waals surface area contributed by atoms with E-state index in [0.717, 1.165) is 5.56 Å². The summed E-state index contributed by atoms with van der Waals surface area (Å²) in [5.41, 5.74) is 7.30. The SMILES string of the molecule is CC(C)(C)NC(=O)[C@H]1N(C(=O)[C@@H](OC(=O)c2ccccc2)[C@@H](N)Cc2ccccc2)CSC1(C)C.Cl. The summed E-state index contributed by atoms with van der Waals surface area (Å²) in [6.07, 6.45) is -0.912. The highest BCUT2D eigenvalue weighted by Gasteiger charge is 2.50. The molecule has 196 valence electrons. The first-order chi connectivity index (χ1) is 16.4. The zero-order valence-corrected chi connectivity index (χ0v) is 23.0. The maximum absolute atomic E-state index is 13.9. The van der Waals surface area contributed by atoms with Crippen molar-refractivity contribution in [2.75, 3.05) is 5.88 Å². The van der Waals surface area contributed by atoms with Crippen molar-refractivity contribution in [3.8, 4) is 0 Å². The highest BCUT2D eigenvalue weighted by molar-refractivity contribution is 8.00. The second kappa shape index (κ2) is 12.1. The van der Waals surface area contributed by atoms with Crippen LogP contribution in [-0.2, 0) is 20.7 Å². The Balaban J connectivity index is 0.00000456. The van der Waals surface area contributed by atoms with Gasteiger partial charge in [0.25, 0.3) is 5.91 Å². The molecule has 2 aromatic rings. The second-order valence-electron chi connectivity index (χ2n) is 10.4. The second-order valence-corrected chi connectivity index (χ2v) is 12.0. The van der Waals surface area contributed by atoms with E-state index in [4.69, 9.17) is 10.5 Å². The van der Waals surface area contributed by atoms with Crippen LogP contribution in [0.2, 0.25) is 0 Å². The molecule has 1 heterocycles. The molecule has 1 saturated heterocycles. The minimum Gasteiger partial charge on any atom is -0.447 e. The van der Waals surface area contributed by atoms with Crippen molar-refractivity contribution in [2.24, 2.45) is 5.73 Å². The van der Waals surface area contributed by atoms with Crippen LogP contribution in [0.3, 0.4) is 0 Å². The Morgan fingerprint density at radius 1 is 1.08 bits per heavy atom. The van der Waals surface area contributed by atoms with Gasteiger partial charge in [-0.3, -0.25) is 9.59 Å². The molecule has 9 heteroatoms. The molecular weight excluding hydrogens is 498 g/mol. The molecule has 0 radical (unpaired) electrons. The molecule has 0 aliphatic carbocycles. The van der Waals surface area contributed by atoms with Crippen LogP contribution in [0.25, 0.3) is 0 Å². The molecular formula is C27H36ClN3O4S. The molecule has 36 heavy (non-hydrogen) atoms. The number of rotatable bonds is 7. The molecule has 0 spiro atoms. The smallest absolute Gasteiger partial charge is 0.338 e. The average molecular weight is 534 g/mol. The molecule has 1 fully saturated rings. The first kappa shape index (κ1) is 29.7. The lowest BCUT2D eigenvalue weighted by atomic mass is 9.96.